The van der Waals surface area contributed by atoms with Gasteiger partial charge in [0.1, 0.15) is 0 Å². The number of anilines is 1. The van der Waals surface area contributed by atoms with Gasteiger partial charge in [-0.15, -0.1) is 0 Å². The average molecular weight is 294 g/mol. The molecule has 1 aromatic carbocycles. The van der Waals surface area contributed by atoms with Crippen molar-refractivity contribution in [2.45, 2.75) is 24.5 Å². The van der Waals surface area contributed by atoms with E-state index in [2.05, 4.69) is 27.2 Å². The minimum atomic E-state index is -0.482. The van der Waals surface area contributed by atoms with Crippen LogP contribution in [0.15, 0.2) is 16.8 Å². The standard InChI is InChI=1S/C12H14N4O3S/c1-12(5-2-6-20-12)7-13-8-3-4-9(16(17)18)11-10(8)14-19-15-11/h3-4,13H,2,5-7H2,1H3. The van der Waals surface area contributed by atoms with Gasteiger partial charge in [-0.25, -0.2) is 4.63 Å². The van der Waals surface area contributed by atoms with Crippen molar-refractivity contribution >= 4 is 34.2 Å². The number of aromatic nitrogens is 2. The van der Waals surface area contributed by atoms with E-state index < -0.39 is 4.92 Å². The molecular weight excluding hydrogens is 280 g/mol. The lowest BCUT2D eigenvalue weighted by Crippen LogP contribution is -2.27. The monoisotopic (exact) mass is 294 g/mol. The molecule has 0 saturated carbocycles. The third-order valence-electron chi connectivity index (χ3n) is 3.54. The maximum atomic E-state index is 10.9. The summed E-state index contributed by atoms with van der Waals surface area (Å²) in [4.78, 5) is 10.4. The number of non-ortho nitro benzene ring substituents is 1. The average Bonchev–Trinajstić information content (AvgIpc) is 3.05. The molecule has 3 rings (SSSR count). The molecule has 0 bridgehead atoms. The summed E-state index contributed by atoms with van der Waals surface area (Å²) in [6.45, 7) is 3.01. The second-order valence-electron chi connectivity index (χ2n) is 5.11. The SMILES string of the molecule is CC1(CNc2ccc([N+](=O)[O-])c3nonc23)CCCS1. The van der Waals surface area contributed by atoms with Crippen molar-refractivity contribution in [2.75, 3.05) is 17.6 Å². The molecule has 0 amide bonds. The highest BCUT2D eigenvalue weighted by Crippen LogP contribution is 2.38. The maximum absolute atomic E-state index is 10.9. The second kappa shape index (κ2) is 4.93. The van der Waals surface area contributed by atoms with Crippen LogP contribution in [-0.2, 0) is 0 Å². The summed E-state index contributed by atoms with van der Waals surface area (Å²) in [5.74, 6) is 1.18. The Kier molecular flexibility index (Phi) is 3.25. The zero-order valence-corrected chi connectivity index (χ0v) is 11.8. The highest BCUT2D eigenvalue weighted by Gasteiger charge is 2.29. The Balaban J connectivity index is 1.87. The highest BCUT2D eigenvalue weighted by atomic mass is 32.2. The Morgan fingerprint density at radius 3 is 3.00 bits per heavy atom. The van der Waals surface area contributed by atoms with Crippen LogP contribution in [0, 0.1) is 10.1 Å². The largest absolute Gasteiger partial charge is 0.382 e. The molecule has 20 heavy (non-hydrogen) atoms. The highest BCUT2D eigenvalue weighted by molar-refractivity contribution is 8.00. The Bertz CT molecular complexity index is 651. The molecule has 0 spiro atoms. The first-order chi connectivity index (χ1) is 9.59. The van der Waals surface area contributed by atoms with Gasteiger partial charge in [0, 0.05) is 17.4 Å². The van der Waals surface area contributed by atoms with Crippen LogP contribution in [0.2, 0.25) is 0 Å². The van der Waals surface area contributed by atoms with Crippen molar-refractivity contribution in [1.29, 1.82) is 0 Å². The van der Waals surface area contributed by atoms with Crippen LogP contribution < -0.4 is 5.32 Å². The van der Waals surface area contributed by atoms with E-state index in [0.29, 0.717) is 5.52 Å². The molecule has 1 saturated heterocycles. The Labute approximate surface area is 119 Å². The van der Waals surface area contributed by atoms with Crippen LogP contribution in [0.4, 0.5) is 11.4 Å². The molecule has 8 heteroatoms. The topological polar surface area (TPSA) is 94.1 Å². The normalized spacial score (nSPS) is 22.2. The minimum absolute atomic E-state index is 0.0896. The van der Waals surface area contributed by atoms with E-state index in [-0.39, 0.29) is 16.0 Å². The first-order valence-electron chi connectivity index (χ1n) is 6.37. The van der Waals surface area contributed by atoms with Crippen LogP contribution in [0.25, 0.3) is 11.0 Å². The fraction of sp³-hybridized carbons (Fsp3) is 0.500. The van der Waals surface area contributed by atoms with E-state index in [1.165, 1.54) is 18.2 Å². The van der Waals surface area contributed by atoms with E-state index in [4.69, 9.17) is 0 Å². The zero-order chi connectivity index (χ0) is 14.2. The molecule has 1 atom stereocenters. The summed E-state index contributed by atoms with van der Waals surface area (Å²) in [5, 5.41) is 21.6. The van der Waals surface area contributed by atoms with Crippen LogP contribution in [0.5, 0.6) is 0 Å². The van der Waals surface area contributed by atoms with Crippen molar-refractivity contribution in [3.8, 4) is 0 Å². The maximum Gasteiger partial charge on any atom is 0.300 e. The lowest BCUT2D eigenvalue weighted by atomic mass is 10.1. The van der Waals surface area contributed by atoms with Crippen molar-refractivity contribution in [3.63, 3.8) is 0 Å². The summed E-state index contributed by atoms with van der Waals surface area (Å²) in [6.07, 6.45) is 2.39. The molecule has 2 heterocycles. The first-order valence-corrected chi connectivity index (χ1v) is 7.35. The van der Waals surface area contributed by atoms with E-state index in [1.807, 2.05) is 11.8 Å². The number of nitro benzene ring substituents is 1. The number of fused-ring (bicyclic) bond motifs is 1. The number of thioether (sulfide) groups is 1. The van der Waals surface area contributed by atoms with Gasteiger partial charge in [0.2, 0.25) is 5.52 Å². The quantitative estimate of drug-likeness (QED) is 0.684. The number of hydrogen-bond acceptors (Lipinski definition) is 7. The summed E-state index contributed by atoms with van der Waals surface area (Å²) in [5.41, 5.74) is 1.23. The third-order valence-corrected chi connectivity index (χ3v) is 5.08. The molecule has 1 unspecified atom stereocenters. The predicted molar refractivity (Wildman–Crippen MR) is 77.0 cm³/mol. The molecule has 1 aliphatic heterocycles. The zero-order valence-electron chi connectivity index (χ0n) is 11.0. The van der Waals surface area contributed by atoms with Gasteiger partial charge >= 0.3 is 5.69 Å². The Morgan fingerprint density at radius 1 is 1.50 bits per heavy atom. The van der Waals surface area contributed by atoms with Crippen LogP contribution in [-0.4, -0.2) is 32.3 Å². The summed E-state index contributed by atoms with van der Waals surface area (Å²) < 4.78 is 4.84. The van der Waals surface area contributed by atoms with Crippen molar-refractivity contribution in [3.05, 3.63) is 22.2 Å². The predicted octanol–water partition coefficient (Wildman–Crippen LogP) is 2.83. The van der Waals surface area contributed by atoms with Gasteiger partial charge in [0.05, 0.1) is 10.6 Å². The fourth-order valence-electron chi connectivity index (χ4n) is 2.40. The molecule has 7 nitrogen and oxygen atoms in total. The Morgan fingerprint density at radius 2 is 2.30 bits per heavy atom. The van der Waals surface area contributed by atoms with Crippen LogP contribution in [0.3, 0.4) is 0 Å². The summed E-state index contributed by atoms with van der Waals surface area (Å²) >= 11 is 1.95. The van der Waals surface area contributed by atoms with E-state index in [0.717, 1.165) is 18.7 Å². The van der Waals surface area contributed by atoms with Crippen LogP contribution in [0.1, 0.15) is 19.8 Å². The van der Waals surface area contributed by atoms with Crippen molar-refractivity contribution in [1.82, 2.24) is 10.3 Å². The molecule has 1 N–H and O–H groups in total. The lowest BCUT2D eigenvalue weighted by molar-refractivity contribution is -0.383. The van der Waals surface area contributed by atoms with E-state index in [9.17, 15) is 10.1 Å². The molecule has 0 radical (unpaired) electrons. The number of hydrogen-bond donors (Lipinski definition) is 1. The lowest BCUT2D eigenvalue weighted by Gasteiger charge is -2.23. The molecule has 106 valence electrons. The second-order valence-corrected chi connectivity index (χ2v) is 6.79. The van der Waals surface area contributed by atoms with Crippen LogP contribution >= 0.6 is 11.8 Å². The number of nitro groups is 1. The van der Waals surface area contributed by atoms with Crippen molar-refractivity contribution < 1.29 is 9.55 Å². The van der Waals surface area contributed by atoms with Crippen molar-refractivity contribution in [2.24, 2.45) is 0 Å². The van der Waals surface area contributed by atoms with Gasteiger partial charge in [0.15, 0.2) is 5.52 Å². The van der Waals surface area contributed by atoms with Gasteiger partial charge in [-0.2, -0.15) is 11.8 Å². The van der Waals surface area contributed by atoms with Gasteiger partial charge in [-0.05, 0) is 41.9 Å². The number of nitrogens with zero attached hydrogens (tertiary/aromatic N) is 3. The molecule has 1 aromatic heterocycles. The van der Waals surface area contributed by atoms with E-state index in [1.54, 1.807) is 6.07 Å². The molecule has 1 fully saturated rings. The molecule has 2 aromatic rings. The van der Waals surface area contributed by atoms with Gasteiger partial charge in [-0.3, -0.25) is 10.1 Å². The summed E-state index contributed by atoms with van der Waals surface area (Å²) in [7, 11) is 0. The smallest absolute Gasteiger partial charge is 0.300 e. The molecule has 0 aliphatic carbocycles. The minimum Gasteiger partial charge on any atom is -0.382 e. The fourth-order valence-corrected chi connectivity index (χ4v) is 3.65. The third kappa shape index (κ3) is 2.31. The number of rotatable bonds is 4. The van der Waals surface area contributed by atoms with Gasteiger partial charge < -0.3 is 5.32 Å². The first kappa shape index (κ1) is 13.2. The molecular formula is C12H14N4O3S. The van der Waals surface area contributed by atoms with Gasteiger partial charge in [-0.1, -0.05) is 0 Å². The Hall–Kier alpha value is -1.83. The number of nitrogens with one attached hydrogen (secondary N) is 1. The summed E-state index contributed by atoms with van der Waals surface area (Å²) in [6, 6.07) is 3.09. The molecule has 1 aliphatic rings. The van der Waals surface area contributed by atoms with E-state index >= 15 is 0 Å². The number of benzene rings is 1. The van der Waals surface area contributed by atoms with Gasteiger partial charge in [0.25, 0.3) is 0 Å².